The van der Waals surface area contributed by atoms with Crippen LogP contribution < -0.4 is 16.2 Å². The van der Waals surface area contributed by atoms with Crippen LogP contribution in [-0.2, 0) is 16.0 Å². The number of hydrogen-bond donors (Lipinski definition) is 2. The summed E-state index contributed by atoms with van der Waals surface area (Å²) in [5, 5.41) is 0. The lowest BCUT2D eigenvalue weighted by atomic mass is 9.83. The molecule has 1 rings (SSSR count). The van der Waals surface area contributed by atoms with Crippen LogP contribution in [0, 0.1) is 5.41 Å². The van der Waals surface area contributed by atoms with E-state index in [1.165, 1.54) is 7.11 Å². The molecule has 0 fully saturated rings. The maximum atomic E-state index is 11.7. The first-order valence-corrected chi connectivity index (χ1v) is 5.67. The van der Waals surface area contributed by atoms with Crippen LogP contribution in [0.1, 0.15) is 12.5 Å². The summed E-state index contributed by atoms with van der Waals surface area (Å²) in [5.74, 6) is 0.297. The average molecular weight is 252 g/mol. The molecule has 1 aromatic rings. The zero-order chi connectivity index (χ0) is 13.8. The second-order valence-electron chi connectivity index (χ2n) is 4.51. The van der Waals surface area contributed by atoms with Crippen LogP contribution in [0.3, 0.4) is 0 Å². The molecule has 0 bridgehead atoms. The standard InChI is InChI=1S/C13H20N2O3/c1-13(8-14,12(16)18-3)7-9-4-5-11(17-2)10(15)6-9/h4-6H,7-8,14-15H2,1-3H3. The molecule has 0 spiro atoms. The minimum Gasteiger partial charge on any atom is -0.495 e. The topological polar surface area (TPSA) is 87.6 Å². The molecule has 18 heavy (non-hydrogen) atoms. The van der Waals surface area contributed by atoms with Gasteiger partial charge in [-0.05, 0) is 31.0 Å². The zero-order valence-electron chi connectivity index (χ0n) is 11.0. The maximum Gasteiger partial charge on any atom is 0.313 e. The quantitative estimate of drug-likeness (QED) is 0.602. The first-order chi connectivity index (χ1) is 8.46. The van der Waals surface area contributed by atoms with E-state index >= 15 is 0 Å². The molecule has 0 aliphatic rings. The summed E-state index contributed by atoms with van der Waals surface area (Å²) in [6.07, 6.45) is 0.477. The molecule has 0 amide bonds. The van der Waals surface area contributed by atoms with Crippen LogP contribution in [-0.4, -0.2) is 26.7 Å². The number of carbonyl (C=O) groups excluding carboxylic acids is 1. The van der Waals surface area contributed by atoms with Gasteiger partial charge in [-0.1, -0.05) is 6.07 Å². The molecule has 0 radical (unpaired) electrons. The van der Waals surface area contributed by atoms with Gasteiger partial charge in [0.1, 0.15) is 5.75 Å². The summed E-state index contributed by atoms with van der Waals surface area (Å²) in [5.41, 5.74) is 12.2. The Hall–Kier alpha value is -1.75. The summed E-state index contributed by atoms with van der Waals surface area (Å²) in [7, 11) is 2.92. The minimum absolute atomic E-state index is 0.214. The van der Waals surface area contributed by atoms with Gasteiger partial charge in [-0.2, -0.15) is 0 Å². The van der Waals surface area contributed by atoms with Crippen LogP contribution >= 0.6 is 0 Å². The van der Waals surface area contributed by atoms with Crippen molar-refractivity contribution in [1.29, 1.82) is 0 Å². The van der Waals surface area contributed by atoms with Crippen LogP contribution in [0.5, 0.6) is 5.75 Å². The fourth-order valence-corrected chi connectivity index (χ4v) is 1.82. The van der Waals surface area contributed by atoms with Crippen molar-refractivity contribution in [3.05, 3.63) is 23.8 Å². The number of ether oxygens (including phenoxy) is 2. The van der Waals surface area contributed by atoms with Gasteiger partial charge in [0.15, 0.2) is 0 Å². The van der Waals surface area contributed by atoms with E-state index in [2.05, 4.69) is 0 Å². The summed E-state index contributed by atoms with van der Waals surface area (Å²) in [6.45, 7) is 1.99. The Kier molecular flexibility index (Phi) is 4.55. The molecule has 0 saturated carbocycles. The van der Waals surface area contributed by atoms with Crippen LogP contribution in [0.2, 0.25) is 0 Å². The third-order valence-electron chi connectivity index (χ3n) is 3.02. The predicted octanol–water partition coefficient (Wildman–Crippen LogP) is 0.958. The molecule has 0 aromatic heterocycles. The summed E-state index contributed by atoms with van der Waals surface area (Å²) in [6, 6.07) is 5.43. The summed E-state index contributed by atoms with van der Waals surface area (Å²) < 4.78 is 9.86. The Morgan fingerprint density at radius 1 is 1.39 bits per heavy atom. The highest BCUT2D eigenvalue weighted by Crippen LogP contribution is 2.27. The number of esters is 1. The summed E-state index contributed by atoms with van der Waals surface area (Å²) >= 11 is 0. The largest absolute Gasteiger partial charge is 0.495 e. The van der Waals surface area contributed by atoms with Gasteiger partial charge >= 0.3 is 5.97 Å². The van der Waals surface area contributed by atoms with Crippen molar-refractivity contribution in [3.63, 3.8) is 0 Å². The fourth-order valence-electron chi connectivity index (χ4n) is 1.82. The zero-order valence-corrected chi connectivity index (χ0v) is 11.0. The van der Waals surface area contributed by atoms with Gasteiger partial charge in [-0.15, -0.1) is 0 Å². The van der Waals surface area contributed by atoms with Crippen molar-refractivity contribution in [2.45, 2.75) is 13.3 Å². The number of hydrogen-bond acceptors (Lipinski definition) is 5. The van der Waals surface area contributed by atoms with E-state index in [9.17, 15) is 4.79 Å². The lowest BCUT2D eigenvalue weighted by Gasteiger charge is -2.25. The predicted molar refractivity (Wildman–Crippen MR) is 70.3 cm³/mol. The maximum absolute atomic E-state index is 11.7. The Morgan fingerprint density at radius 3 is 2.50 bits per heavy atom. The Morgan fingerprint density at radius 2 is 2.06 bits per heavy atom. The van der Waals surface area contributed by atoms with Crippen molar-refractivity contribution < 1.29 is 14.3 Å². The molecular weight excluding hydrogens is 232 g/mol. The van der Waals surface area contributed by atoms with E-state index in [1.807, 2.05) is 6.07 Å². The van der Waals surface area contributed by atoms with Gasteiger partial charge < -0.3 is 20.9 Å². The second-order valence-corrected chi connectivity index (χ2v) is 4.51. The van der Waals surface area contributed by atoms with Crippen LogP contribution in [0.25, 0.3) is 0 Å². The molecule has 1 atom stereocenters. The number of nitrogens with two attached hydrogens (primary N) is 2. The van der Waals surface area contributed by atoms with Gasteiger partial charge in [0, 0.05) is 6.54 Å². The van der Waals surface area contributed by atoms with Gasteiger partial charge in [0.25, 0.3) is 0 Å². The molecule has 1 aromatic carbocycles. The normalized spacial score (nSPS) is 13.8. The number of anilines is 1. The molecule has 0 aliphatic carbocycles. The smallest absolute Gasteiger partial charge is 0.313 e. The van der Waals surface area contributed by atoms with Gasteiger partial charge in [-0.3, -0.25) is 4.79 Å². The number of nitrogen functional groups attached to an aromatic ring is 1. The highest BCUT2D eigenvalue weighted by molar-refractivity contribution is 5.77. The van der Waals surface area contributed by atoms with Crippen molar-refractivity contribution in [2.75, 3.05) is 26.5 Å². The molecular formula is C13H20N2O3. The Labute approximate surface area is 107 Å². The van der Waals surface area contributed by atoms with E-state index in [-0.39, 0.29) is 12.5 Å². The van der Waals surface area contributed by atoms with Crippen LogP contribution in [0.4, 0.5) is 5.69 Å². The Balaban J connectivity index is 2.95. The number of rotatable bonds is 5. The van der Waals surface area contributed by atoms with E-state index in [4.69, 9.17) is 20.9 Å². The Bertz CT molecular complexity index is 434. The highest BCUT2D eigenvalue weighted by atomic mass is 16.5. The fraction of sp³-hybridized carbons (Fsp3) is 0.462. The van der Waals surface area contributed by atoms with Gasteiger partial charge in [0.05, 0.1) is 25.3 Å². The molecule has 0 heterocycles. The number of carbonyl (C=O) groups is 1. The van der Waals surface area contributed by atoms with E-state index in [0.717, 1.165) is 5.56 Å². The molecule has 5 nitrogen and oxygen atoms in total. The van der Waals surface area contributed by atoms with E-state index in [0.29, 0.717) is 17.9 Å². The highest BCUT2D eigenvalue weighted by Gasteiger charge is 2.33. The lowest BCUT2D eigenvalue weighted by Crippen LogP contribution is -2.38. The van der Waals surface area contributed by atoms with E-state index < -0.39 is 5.41 Å². The molecule has 100 valence electrons. The monoisotopic (exact) mass is 252 g/mol. The van der Waals surface area contributed by atoms with Crippen molar-refractivity contribution in [2.24, 2.45) is 11.1 Å². The van der Waals surface area contributed by atoms with Gasteiger partial charge in [-0.25, -0.2) is 0 Å². The van der Waals surface area contributed by atoms with Crippen molar-refractivity contribution in [3.8, 4) is 5.75 Å². The third-order valence-corrected chi connectivity index (χ3v) is 3.02. The van der Waals surface area contributed by atoms with E-state index in [1.54, 1.807) is 26.2 Å². The summed E-state index contributed by atoms with van der Waals surface area (Å²) in [4.78, 5) is 11.7. The van der Waals surface area contributed by atoms with Crippen molar-refractivity contribution in [1.82, 2.24) is 0 Å². The average Bonchev–Trinajstić information content (AvgIpc) is 2.37. The molecule has 4 N–H and O–H groups in total. The number of methoxy groups -OCH3 is 2. The minimum atomic E-state index is -0.740. The SMILES string of the molecule is COC(=O)C(C)(CN)Cc1ccc(OC)c(N)c1. The third kappa shape index (κ3) is 2.92. The van der Waals surface area contributed by atoms with Crippen molar-refractivity contribution >= 4 is 11.7 Å². The molecule has 5 heteroatoms. The van der Waals surface area contributed by atoms with Crippen LogP contribution in [0.15, 0.2) is 18.2 Å². The first-order valence-electron chi connectivity index (χ1n) is 5.67. The molecule has 1 unspecified atom stereocenters. The first kappa shape index (κ1) is 14.3. The number of benzene rings is 1. The second kappa shape index (κ2) is 5.73. The molecule has 0 aliphatic heterocycles. The van der Waals surface area contributed by atoms with Gasteiger partial charge in [0.2, 0.25) is 0 Å². The lowest BCUT2D eigenvalue weighted by molar-refractivity contribution is -0.151. The molecule has 0 saturated heterocycles.